The minimum atomic E-state index is -0.702. The van der Waals surface area contributed by atoms with Crippen LogP contribution < -0.4 is 11.1 Å². The fourth-order valence-corrected chi connectivity index (χ4v) is 4.75. The van der Waals surface area contributed by atoms with Gasteiger partial charge < -0.3 is 20.9 Å². The number of nitrogens with two attached hydrogens (primary N) is 1. The van der Waals surface area contributed by atoms with Crippen molar-refractivity contribution in [2.75, 3.05) is 13.1 Å². The minimum Gasteiger partial charge on any atom is -0.344 e. The van der Waals surface area contributed by atoms with Gasteiger partial charge in [0.2, 0.25) is 5.91 Å². The summed E-state index contributed by atoms with van der Waals surface area (Å²) in [4.78, 5) is 43.9. The van der Waals surface area contributed by atoms with Crippen LogP contribution in [0.15, 0.2) is 55.0 Å². The van der Waals surface area contributed by atoms with E-state index in [0.717, 1.165) is 16.6 Å². The summed E-state index contributed by atoms with van der Waals surface area (Å²) in [6.45, 7) is 3.08. The van der Waals surface area contributed by atoms with Crippen molar-refractivity contribution >= 4 is 45.5 Å². The molecule has 0 saturated carbocycles. The predicted molar refractivity (Wildman–Crippen MR) is 142 cm³/mol. The molecule has 38 heavy (non-hydrogen) atoms. The highest BCUT2D eigenvalue weighted by Gasteiger charge is 2.31. The van der Waals surface area contributed by atoms with Crippen LogP contribution in [0.25, 0.3) is 33.5 Å². The van der Waals surface area contributed by atoms with Gasteiger partial charge in [0.25, 0.3) is 5.91 Å². The highest BCUT2D eigenvalue weighted by Crippen LogP contribution is 2.30. The standard InChI is InChI=1S/C26H24ClN9O2/c1-14(26(38)35-11-16(28)12-35)32-25(37)19-9-30-24-23(19)33-20(10-31-24)22-18-6-5-15(27)8-21(18)36(34-22)13-17-4-2-3-7-29-17/h2-10,14,16H,11-13,28H2,1H3,(H,30,31)(H,32,37)/t14-/m1/s1. The second kappa shape index (κ2) is 9.51. The maximum absolute atomic E-state index is 13.1. The van der Waals surface area contributed by atoms with Crippen molar-refractivity contribution in [3.8, 4) is 11.4 Å². The van der Waals surface area contributed by atoms with Crippen molar-refractivity contribution in [3.05, 3.63) is 71.3 Å². The Morgan fingerprint density at radius 2 is 2.08 bits per heavy atom. The summed E-state index contributed by atoms with van der Waals surface area (Å²) in [7, 11) is 0. The molecule has 0 unspecified atom stereocenters. The summed E-state index contributed by atoms with van der Waals surface area (Å²) in [5, 5.41) is 9.01. The van der Waals surface area contributed by atoms with E-state index in [9.17, 15) is 9.59 Å². The lowest BCUT2D eigenvalue weighted by Crippen LogP contribution is -2.61. The number of carbonyl (C=O) groups is 2. The van der Waals surface area contributed by atoms with Crippen LogP contribution in [0.5, 0.6) is 0 Å². The Bertz CT molecular complexity index is 1670. The van der Waals surface area contributed by atoms with Crippen molar-refractivity contribution in [1.29, 1.82) is 0 Å². The first kappa shape index (κ1) is 24.0. The molecule has 6 rings (SSSR count). The van der Waals surface area contributed by atoms with Crippen LogP contribution >= 0.6 is 11.6 Å². The largest absolute Gasteiger partial charge is 0.344 e. The summed E-state index contributed by atoms with van der Waals surface area (Å²) >= 11 is 6.30. The van der Waals surface area contributed by atoms with E-state index in [0.29, 0.717) is 47.2 Å². The number of nitrogens with one attached hydrogen (secondary N) is 2. The van der Waals surface area contributed by atoms with Gasteiger partial charge in [-0.15, -0.1) is 0 Å². The number of aromatic nitrogens is 6. The molecule has 12 heteroatoms. The zero-order valence-electron chi connectivity index (χ0n) is 20.4. The molecule has 1 atom stereocenters. The lowest BCUT2D eigenvalue weighted by atomic mass is 10.1. The summed E-state index contributed by atoms with van der Waals surface area (Å²) < 4.78 is 1.82. The Hall–Kier alpha value is -4.35. The number of carbonyl (C=O) groups excluding carboxylic acids is 2. The molecule has 11 nitrogen and oxygen atoms in total. The monoisotopic (exact) mass is 529 g/mol. The smallest absolute Gasteiger partial charge is 0.255 e. The fourth-order valence-electron chi connectivity index (χ4n) is 4.58. The predicted octanol–water partition coefficient (Wildman–Crippen LogP) is 2.36. The molecule has 0 spiro atoms. The topological polar surface area (TPSA) is 148 Å². The molecule has 4 aromatic heterocycles. The summed E-state index contributed by atoms with van der Waals surface area (Å²) in [5.41, 5.74) is 9.66. The first-order valence-corrected chi connectivity index (χ1v) is 12.5. The van der Waals surface area contributed by atoms with E-state index in [4.69, 9.17) is 27.4 Å². The Morgan fingerprint density at radius 1 is 1.24 bits per heavy atom. The summed E-state index contributed by atoms with van der Waals surface area (Å²) in [6.07, 6.45) is 4.89. The normalized spacial score (nSPS) is 14.6. The summed E-state index contributed by atoms with van der Waals surface area (Å²) in [6, 6.07) is 10.5. The quantitative estimate of drug-likeness (QED) is 0.306. The Morgan fingerprint density at radius 3 is 2.84 bits per heavy atom. The van der Waals surface area contributed by atoms with Crippen LogP contribution in [0, 0.1) is 0 Å². The van der Waals surface area contributed by atoms with Gasteiger partial charge in [-0.05, 0) is 37.3 Å². The zero-order valence-corrected chi connectivity index (χ0v) is 21.2. The van der Waals surface area contributed by atoms with Gasteiger partial charge in [0.1, 0.15) is 22.9 Å². The molecule has 4 N–H and O–H groups in total. The van der Waals surface area contributed by atoms with Gasteiger partial charge >= 0.3 is 0 Å². The molecule has 0 bridgehead atoms. The van der Waals surface area contributed by atoms with Crippen molar-refractivity contribution in [1.82, 2.24) is 39.9 Å². The van der Waals surface area contributed by atoms with Crippen molar-refractivity contribution in [3.63, 3.8) is 0 Å². The van der Waals surface area contributed by atoms with Crippen molar-refractivity contribution in [2.24, 2.45) is 5.73 Å². The van der Waals surface area contributed by atoms with Gasteiger partial charge in [-0.3, -0.25) is 19.3 Å². The molecule has 2 amide bonds. The maximum Gasteiger partial charge on any atom is 0.255 e. The van der Waals surface area contributed by atoms with E-state index in [2.05, 4.69) is 20.3 Å². The number of rotatable bonds is 6. The number of halogens is 1. The Labute approximate surface area is 222 Å². The van der Waals surface area contributed by atoms with Crippen LogP contribution in [0.2, 0.25) is 5.02 Å². The van der Waals surface area contributed by atoms with Crippen LogP contribution in [0.1, 0.15) is 23.0 Å². The van der Waals surface area contributed by atoms with Gasteiger partial charge in [-0.1, -0.05) is 17.7 Å². The van der Waals surface area contributed by atoms with E-state index in [1.165, 1.54) is 6.20 Å². The van der Waals surface area contributed by atoms with Gasteiger partial charge in [-0.2, -0.15) is 5.10 Å². The van der Waals surface area contributed by atoms with E-state index in [1.807, 2.05) is 35.0 Å². The molecule has 1 aliphatic rings. The number of benzene rings is 1. The summed E-state index contributed by atoms with van der Waals surface area (Å²) in [5.74, 6) is -0.596. The number of hydrogen-bond acceptors (Lipinski definition) is 7. The lowest BCUT2D eigenvalue weighted by molar-refractivity contribution is -0.137. The third-order valence-corrected chi connectivity index (χ3v) is 6.79. The number of likely N-dealkylation sites (tertiary alicyclic amines) is 1. The molecule has 0 aliphatic carbocycles. The number of nitrogens with zero attached hydrogens (tertiary/aromatic N) is 6. The molecule has 5 heterocycles. The molecular formula is C26H24ClN9O2. The molecule has 1 saturated heterocycles. The van der Waals surface area contributed by atoms with Crippen molar-refractivity contribution < 1.29 is 9.59 Å². The fraction of sp³-hybridized carbons (Fsp3) is 0.231. The van der Waals surface area contributed by atoms with Crippen LogP contribution in [0.3, 0.4) is 0 Å². The SMILES string of the molecule is C[C@@H](NC(=O)c1c[nH]c2ncc(-c3nn(Cc4ccccn4)c4cc(Cl)ccc34)nc12)C(=O)N1CC(N)C1. The van der Waals surface area contributed by atoms with Crippen LogP contribution in [-0.2, 0) is 11.3 Å². The van der Waals surface area contributed by atoms with E-state index < -0.39 is 11.9 Å². The maximum atomic E-state index is 13.1. The van der Waals surface area contributed by atoms with Gasteiger partial charge in [0.05, 0.1) is 29.5 Å². The zero-order chi connectivity index (χ0) is 26.4. The molecule has 192 valence electrons. The first-order chi connectivity index (χ1) is 18.4. The number of hydrogen-bond donors (Lipinski definition) is 3. The van der Waals surface area contributed by atoms with Crippen LogP contribution in [-0.4, -0.2) is 71.6 Å². The molecule has 0 radical (unpaired) electrons. The number of pyridine rings is 1. The number of fused-ring (bicyclic) bond motifs is 2. The van der Waals surface area contributed by atoms with Gasteiger partial charge in [0.15, 0.2) is 5.65 Å². The molecule has 1 aliphatic heterocycles. The first-order valence-electron chi connectivity index (χ1n) is 12.1. The van der Waals surface area contributed by atoms with Gasteiger partial charge in [0, 0.05) is 41.9 Å². The Balaban J connectivity index is 1.33. The van der Waals surface area contributed by atoms with Crippen LogP contribution in [0.4, 0.5) is 0 Å². The lowest BCUT2D eigenvalue weighted by Gasteiger charge is -2.38. The minimum absolute atomic E-state index is 0.0105. The third-order valence-electron chi connectivity index (χ3n) is 6.56. The third kappa shape index (κ3) is 4.35. The number of aromatic amines is 1. The molecule has 1 aromatic carbocycles. The molecule has 5 aromatic rings. The van der Waals surface area contributed by atoms with E-state index >= 15 is 0 Å². The van der Waals surface area contributed by atoms with E-state index in [-0.39, 0.29) is 17.5 Å². The van der Waals surface area contributed by atoms with Crippen molar-refractivity contribution in [2.45, 2.75) is 25.6 Å². The van der Waals surface area contributed by atoms with E-state index in [1.54, 1.807) is 30.3 Å². The highest BCUT2D eigenvalue weighted by atomic mass is 35.5. The molecular weight excluding hydrogens is 506 g/mol. The average Bonchev–Trinajstić information content (AvgIpc) is 3.48. The second-order valence-corrected chi connectivity index (χ2v) is 9.78. The molecule has 1 fully saturated rings. The Kier molecular flexibility index (Phi) is 6.01. The number of H-pyrrole nitrogens is 1. The van der Waals surface area contributed by atoms with Gasteiger partial charge in [-0.25, -0.2) is 9.97 Å². The number of amides is 2. The highest BCUT2D eigenvalue weighted by molar-refractivity contribution is 6.31. The second-order valence-electron chi connectivity index (χ2n) is 9.34. The average molecular weight is 530 g/mol.